The summed E-state index contributed by atoms with van der Waals surface area (Å²) in [4.78, 5) is 23.7. The van der Waals surface area contributed by atoms with Crippen LogP contribution in [0.15, 0.2) is 66.7 Å². The van der Waals surface area contributed by atoms with Gasteiger partial charge in [-0.25, -0.2) is 0 Å². The van der Waals surface area contributed by atoms with Crippen molar-refractivity contribution in [1.82, 2.24) is 0 Å². The summed E-state index contributed by atoms with van der Waals surface area (Å²) < 4.78 is 0. The second kappa shape index (κ2) is 4.62. The van der Waals surface area contributed by atoms with Crippen molar-refractivity contribution in [3.05, 3.63) is 77.9 Å². The van der Waals surface area contributed by atoms with Gasteiger partial charge in [0.2, 0.25) is 11.6 Å². The fourth-order valence-electron chi connectivity index (χ4n) is 3.60. The number of allylic oxidation sites excluding steroid dienone is 1. The summed E-state index contributed by atoms with van der Waals surface area (Å²) in [6.45, 7) is 0. The molecule has 2 nitrogen and oxygen atoms in total. The number of ketones is 2. The van der Waals surface area contributed by atoms with Crippen LogP contribution in [0.3, 0.4) is 0 Å². The summed E-state index contributed by atoms with van der Waals surface area (Å²) in [6, 6.07) is 20.5. The first kappa shape index (κ1) is 13.2. The monoisotopic (exact) mass is 308 g/mol. The standard InChI is InChI=1S/C22H12O2/c23-21-10-9-17-18(22(21)24)8-7-15-11-19-14(12-20(15)17)6-5-13-3-1-2-4-16(13)19/h1-12H. The third-order valence-corrected chi connectivity index (χ3v) is 4.79. The van der Waals surface area contributed by atoms with Gasteiger partial charge in [0.15, 0.2) is 0 Å². The summed E-state index contributed by atoms with van der Waals surface area (Å²) in [5.41, 5.74) is 1.34. The van der Waals surface area contributed by atoms with Crippen LogP contribution in [0.1, 0.15) is 15.9 Å². The number of carbonyl (C=O) groups excluding carboxylic acids is 2. The Hall–Kier alpha value is -3.26. The smallest absolute Gasteiger partial charge is 0.233 e. The number of hydrogen-bond acceptors (Lipinski definition) is 2. The van der Waals surface area contributed by atoms with E-state index in [0.717, 1.165) is 21.7 Å². The first-order valence-corrected chi connectivity index (χ1v) is 7.87. The number of hydrogen-bond donors (Lipinski definition) is 0. The van der Waals surface area contributed by atoms with Crippen molar-refractivity contribution in [1.29, 1.82) is 0 Å². The normalized spacial score (nSPS) is 13.8. The molecule has 0 N–H and O–H groups in total. The lowest BCUT2D eigenvalue weighted by Crippen LogP contribution is -2.16. The Morgan fingerprint density at radius 1 is 0.583 bits per heavy atom. The molecule has 4 aromatic carbocycles. The third-order valence-electron chi connectivity index (χ3n) is 4.79. The van der Waals surface area contributed by atoms with E-state index in [0.29, 0.717) is 5.56 Å². The topological polar surface area (TPSA) is 34.1 Å². The molecule has 0 aliphatic heterocycles. The molecular weight excluding hydrogens is 296 g/mol. The summed E-state index contributed by atoms with van der Waals surface area (Å²) in [5, 5.41) is 6.84. The number of rotatable bonds is 0. The Morgan fingerprint density at radius 3 is 2.21 bits per heavy atom. The first-order valence-electron chi connectivity index (χ1n) is 7.87. The van der Waals surface area contributed by atoms with Gasteiger partial charge in [-0.3, -0.25) is 9.59 Å². The van der Waals surface area contributed by atoms with Gasteiger partial charge >= 0.3 is 0 Å². The second-order valence-electron chi connectivity index (χ2n) is 6.13. The van der Waals surface area contributed by atoms with Crippen molar-refractivity contribution in [2.45, 2.75) is 0 Å². The molecule has 0 unspecified atom stereocenters. The average Bonchev–Trinajstić information content (AvgIpc) is 2.63. The van der Waals surface area contributed by atoms with Gasteiger partial charge in [0.1, 0.15) is 0 Å². The molecule has 0 amide bonds. The molecule has 0 atom stereocenters. The molecule has 2 heteroatoms. The minimum atomic E-state index is -0.450. The summed E-state index contributed by atoms with van der Waals surface area (Å²) >= 11 is 0. The number of fused-ring (bicyclic) bond motifs is 6. The molecule has 0 fully saturated rings. The summed E-state index contributed by atoms with van der Waals surface area (Å²) in [6.07, 6.45) is 3.13. The highest BCUT2D eigenvalue weighted by Gasteiger charge is 2.22. The van der Waals surface area contributed by atoms with Gasteiger partial charge in [-0.15, -0.1) is 0 Å². The van der Waals surface area contributed by atoms with Gasteiger partial charge in [-0.05, 0) is 68.2 Å². The van der Waals surface area contributed by atoms with E-state index in [9.17, 15) is 9.59 Å². The van der Waals surface area contributed by atoms with E-state index in [2.05, 4.69) is 36.4 Å². The van der Waals surface area contributed by atoms with Crippen LogP contribution in [0, 0.1) is 0 Å². The van der Waals surface area contributed by atoms with E-state index in [1.165, 1.54) is 22.2 Å². The van der Waals surface area contributed by atoms with Crippen molar-refractivity contribution >= 4 is 50.0 Å². The van der Waals surface area contributed by atoms with Crippen LogP contribution in [0.4, 0.5) is 0 Å². The number of benzene rings is 4. The Kier molecular flexibility index (Phi) is 2.54. The predicted molar refractivity (Wildman–Crippen MR) is 97.3 cm³/mol. The van der Waals surface area contributed by atoms with E-state index < -0.39 is 11.6 Å². The highest BCUT2D eigenvalue weighted by molar-refractivity contribution is 6.50. The van der Waals surface area contributed by atoms with E-state index in [1.807, 2.05) is 18.2 Å². The average molecular weight is 308 g/mol. The van der Waals surface area contributed by atoms with E-state index in [-0.39, 0.29) is 0 Å². The largest absolute Gasteiger partial charge is 0.286 e. The minimum absolute atomic E-state index is 0.423. The van der Waals surface area contributed by atoms with Crippen LogP contribution in [0.2, 0.25) is 0 Å². The molecule has 0 aromatic heterocycles. The predicted octanol–water partition coefficient (Wildman–Crippen LogP) is 4.92. The van der Waals surface area contributed by atoms with Gasteiger partial charge in [0.05, 0.1) is 0 Å². The molecule has 24 heavy (non-hydrogen) atoms. The molecular formula is C22H12O2. The number of carbonyl (C=O) groups is 2. The van der Waals surface area contributed by atoms with Crippen LogP contribution in [-0.2, 0) is 4.79 Å². The Balaban J connectivity index is 1.93. The van der Waals surface area contributed by atoms with Gasteiger partial charge in [0.25, 0.3) is 0 Å². The zero-order valence-corrected chi connectivity index (χ0v) is 12.7. The summed E-state index contributed by atoms with van der Waals surface area (Å²) in [5.74, 6) is -0.873. The molecule has 0 saturated carbocycles. The maximum Gasteiger partial charge on any atom is 0.233 e. The maximum atomic E-state index is 12.1. The second-order valence-corrected chi connectivity index (χ2v) is 6.13. The summed E-state index contributed by atoms with van der Waals surface area (Å²) in [7, 11) is 0. The number of Topliss-reactive ketones (excluding diaryl/α,β-unsaturated/α-hetero) is 1. The Bertz CT molecular complexity index is 1230. The molecule has 5 rings (SSSR count). The van der Waals surface area contributed by atoms with E-state index >= 15 is 0 Å². The third kappa shape index (κ3) is 1.71. The lowest BCUT2D eigenvalue weighted by atomic mass is 9.89. The van der Waals surface area contributed by atoms with Crippen molar-refractivity contribution in [3.8, 4) is 0 Å². The van der Waals surface area contributed by atoms with Gasteiger partial charge < -0.3 is 0 Å². The lowest BCUT2D eigenvalue weighted by Gasteiger charge is -2.13. The Labute approximate surface area is 138 Å². The van der Waals surface area contributed by atoms with Gasteiger partial charge in [-0.2, -0.15) is 0 Å². The Morgan fingerprint density at radius 2 is 1.29 bits per heavy atom. The van der Waals surface area contributed by atoms with Crippen LogP contribution < -0.4 is 0 Å². The van der Waals surface area contributed by atoms with Crippen LogP contribution in [0.25, 0.3) is 38.4 Å². The molecule has 1 aliphatic carbocycles. The minimum Gasteiger partial charge on any atom is -0.286 e. The van der Waals surface area contributed by atoms with E-state index in [4.69, 9.17) is 0 Å². The maximum absolute atomic E-state index is 12.1. The quantitative estimate of drug-likeness (QED) is 0.262. The van der Waals surface area contributed by atoms with Crippen molar-refractivity contribution in [3.63, 3.8) is 0 Å². The molecule has 0 radical (unpaired) electrons. The fourth-order valence-corrected chi connectivity index (χ4v) is 3.60. The highest BCUT2D eigenvalue weighted by atomic mass is 16.2. The van der Waals surface area contributed by atoms with Crippen LogP contribution in [0.5, 0.6) is 0 Å². The SMILES string of the molecule is O=C1C=Cc2c(ccc3cc4c(ccc5ccccc54)cc23)C1=O. The van der Waals surface area contributed by atoms with Crippen molar-refractivity contribution in [2.75, 3.05) is 0 Å². The highest BCUT2D eigenvalue weighted by Crippen LogP contribution is 2.33. The van der Waals surface area contributed by atoms with Gasteiger partial charge in [-0.1, -0.05) is 42.5 Å². The molecule has 0 bridgehead atoms. The van der Waals surface area contributed by atoms with Crippen molar-refractivity contribution in [2.24, 2.45) is 0 Å². The fraction of sp³-hybridized carbons (Fsp3) is 0. The van der Waals surface area contributed by atoms with Crippen LogP contribution in [-0.4, -0.2) is 11.6 Å². The molecule has 0 saturated heterocycles. The zero-order chi connectivity index (χ0) is 16.3. The van der Waals surface area contributed by atoms with Gasteiger partial charge in [0, 0.05) is 5.56 Å². The molecule has 1 aliphatic rings. The van der Waals surface area contributed by atoms with E-state index in [1.54, 1.807) is 12.1 Å². The van der Waals surface area contributed by atoms with Crippen molar-refractivity contribution < 1.29 is 9.59 Å². The zero-order valence-electron chi connectivity index (χ0n) is 12.7. The molecule has 4 aromatic rings. The molecule has 0 heterocycles. The molecule has 112 valence electrons. The first-order chi connectivity index (χ1) is 11.7. The molecule has 0 spiro atoms. The van der Waals surface area contributed by atoms with Crippen LogP contribution >= 0.6 is 0 Å². The lowest BCUT2D eigenvalue weighted by molar-refractivity contribution is -0.110.